The summed E-state index contributed by atoms with van der Waals surface area (Å²) in [4.78, 5) is 8.48. The van der Waals surface area contributed by atoms with Gasteiger partial charge in [-0.05, 0) is 43.4 Å². The number of rotatable bonds is 6. The van der Waals surface area contributed by atoms with E-state index in [4.69, 9.17) is 4.74 Å². The maximum atomic E-state index is 9.96. The third-order valence-electron chi connectivity index (χ3n) is 2.24. The second kappa shape index (κ2) is 6.63. The standard InChI is InChI=1S/C12H20IN3O2/c1-5-18-7-10-15-9(6-14-4)11(13)16(10)8-12(2,3)17/h6,17H,5,7-8H2,1-4H3. The maximum absolute atomic E-state index is 9.96. The number of aliphatic imine (C=N–C) groups is 1. The van der Waals surface area contributed by atoms with Crippen LogP contribution in [0, 0.1) is 3.70 Å². The number of nitrogens with zero attached hydrogens (tertiary/aromatic N) is 3. The van der Waals surface area contributed by atoms with E-state index in [1.165, 1.54) is 0 Å². The molecule has 0 aliphatic rings. The van der Waals surface area contributed by atoms with Crippen molar-refractivity contribution in [2.75, 3.05) is 13.7 Å². The molecule has 0 radical (unpaired) electrons. The van der Waals surface area contributed by atoms with Gasteiger partial charge in [0, 0.05) is 19.9 Å². The van der Waals surface area contributed by atoms with Crippen molar-refractivity contribution in [2.24, 2.45) is 4.99 Å². The lowest BCUT2D eigenvalue weighted by atomic mass is 10.1. The molecule has 0 fully saturated rings. The van der Waals surface area contributed by atoms with Crippen molar-refractivity contribution in [3.8, 4) is 0 Å². The fourth-order valence-electron chi connectivity index (χ4n) is 1.55. The van der Waals surface area contributed by atoms with E-state index in [1.54, 1.807) is 27.1 Å². The number of hydrogen-bond donors (Lipinski definition) is 1. The van der Waals surface area contributed by atoms with Crippen molar-refractivity contribution in [3.05, 3.63) is 15.2 Å². The summed E-state index contributed by atoms with van der Waals surface area (Å²) in [5.41, 5.74) is 0.0272. The van der Waals surface area contributed by atoms with Gasteiger partial charge in [0.15, 0.2) is 0 Å². The zero-order valence-corrected chi connectivity index (χ0v) is 13.4. The zero-order chi connectivity index (χ0) is 13.8. The van der Waals surface area contributed by atoms with Gasteiger partial charge in [-0.15, -0.1) is 0 Å². The molecule has 0 saturated carbocycles. The van der Waals surface area contributed by atoms with E-state index in [1.807, 2.05) is 11.5 Å². The molecular formula is C12H20IN3O2. The third kappa shape index (κ3) is 4.33. The normalized spacial score (nSPS) is 12.6. The molecule has 1 aromatic rings. The monoisotopic (exact) mass is 365 g/mol. The van der Waals surface area contributed by atoms with Crippen molar-refractivity contribution in [2.45, 2.75) is 39.5 Å². The topological polar surface area (TPSA) is 59.6 Å². The molecule has 1 aromatic heterocycles. The number of ether oxygens (including phenoxy) is 1. The number of hydrogen-bond acceptors (Lipinski definition) is 4. The van der Waals surface area contributed by atoms with E-state index in [-0.39, 0.29) is 0 Å². The van der Waals surface area contributed by atoms with Crippen LogP contribution in [0.15, 0.2) is 4.99 Å². The minimum absolute atomic E-state index is 0.445. The maximum Gasteiger partial charge on any atom is 0.136 e. The van der Waals surface area contributed by atoms with Crippen LogP contribution in [0.2, 0.25) is 0 Å². The van der Waals surface area contributed by atoms with Crippen LogP contribution < -0.4 is 0 Å². The highest BCUT2D eigenvalue weighted by Crippen LogP contribution is 2.18. The van der Waals surface area contributed by atoms with Crippen LogP contribution in [0.1, 0.15) is 32.3 Å². The lowest BCUT2D eigenvalue weighted by Crippen LogP contribution is -2.28. The second-order valence-electron chi connectivity index (χ2n) is 4.63. The fraction of sp³-hybridized carbons (Fsp3) is 0.667. The molecule has 0 amide bonds. The molecule has 0 unspecified atom stereocenters. The summed E-state index contributed by atoms with van der Waals surface area (Å²) in [5, 5.41) is 9.96. The van der Waals surface area contributed by atoms with Gasteiger partial charge >= 0.3 is 0 Å². The zero-order valence-electron chi connectivity index (χ0n) is 11.3. The van der Waals surface area contributed by atoms with Crippen LogP contribution in [0.4, 0.5) is 0 Å². The molecule has 5 nitrogen and oxygen atoms in total. The fourth-order valence-corrected chi connectivity index (χ4v) is 2.26. The largest absolute Gasteiger partial charge is 0.389 e. The van der Waals surface area contributed by atoms with Crippen molar-refractivity contribution < 1.29 is 9.84 Å². The average molecular weight is 365 g/mol. The van der Waals surface area contributed by atoms with Gasteiger partial charge in [0.05, 0.1) is 12.1 Å². The molecular weight excluding hydrogens is 345 g/mol. The molecule has 0 aliphatic heterocycles. The molecule has 0 aromatic carbocycles. The Labute approximate surface area is 121 Å². The first-order valence-corrected chi connectivity index (χ1v) is 6.94. The first kappa shape index (κ1) is 15.6. The van der Waals surface area contributed by atoms with E-state index in [0.29, 0.717) is 19.8 Å². The van der Waals surface area contributed by atoms with Crippen molar-refractivity contribution in [1.29, 1.82) is 0 Å². The Morgan fingerprint density at radius 1 is 1.56 bits per heavy atom. The van der Waals surface area contributed by atoms with E-state index < -0.39 is 5.60 Å². The number of aromatic nitrogens is 2. The molecule has 18 heavy (non-hydrogen) atoms. The number of imidazole rings is 1. The van der Waals surface area contributed by atoms with Gasteiger partial charge in [0.1, 0.15) is 21.8 Å². The van der Waals surface area contributed by atoms with Crippen LogP contribution in [-0.2, 0) is 17.9 Å². The van der Waals surface area contributed by atoms with Gasteiger partial charge in [-0.25, -0.2) is 4.98 Å². The van der Waals surface area contributed by atoms with Gasteiger partial charge in [-0.1, -0.05) is 0 Å². The number of aliphatic hydroxyl groups is 1. The molecule has 0 spiro atoms. The predicted molar refractivity (Wildman–Crippen MR) is 80.1 cm³/mol. The summed E-state index contributed by atoms with van der Waals surface area (Å²) in [7, 11) is 1.72. The minimum Gasteiger partial charge on any atom is -0.389 e. The Morgan fingerprint density at radius 2 is 2.22 bits per heavy atom. The lowest BCUT2D eigenvalue weighted by Gasteiger charge is -2.20. The first-order valence-electron chi connectivity index (χ1n) is 5.86. The van der Waals surface area contributed by atoms with E-state index >= 15 is 0 Å². The van der Waals surface area contributed by atoms with Crippen LogP contribution in [0.3, 0.4) is 0 Å². The highest BCUT2D eigenvalue weighted by atomic mass is 127. The van der Waals surface area contributed by atoms with Crippen LogP contribution in [-0.4, -0.2) is 40.1 Å². The third-order valence-corrected chi connectivity index (χ3v) is 3.38. The van der Waals surface area contributed by atoms with E-state index in [9.17, 15) is 5.11 Å². The molecule has 6 heteroatoms. The minimum atomic E-state index is -0.789. The van der Waals surface area contributed by atoms with Crippen molar-refractivity contribution in [3.63, 3.8) is 0 Å². The molecule has 102 valence electrons. The van der Waals surface area contributed by atoms with E-state index in [0.717, 1.165) is 15.2 Å². The van der Waals surface area contributed by atoms with Crippen molar-refractivity contribution >= 4 is 28.8 Å². The van der Waals surface area contributed by atoms with E-state index in [2.05, 4.69) is 32.6 Å². The van der Waals surface area contributed by atoms with Gasteiger partial charge < -0.3 is 14.4 Å². The molecule has 1 rings (SSSR count). The summed E-state index contributed by atoms with van der Waals surface area (Å²) in [6.45, 7) is 7.08. The molecule has 1 N–H and O–H groups in total. The second-order valence-corrected chi connectivity index (χ2v) is 5.65. The molecule has 1 heterocycles. The summed E-state index contributed by atoms with van der Waals surface area (Å²) < 4.78 is 8.36. The van der Waals surface area contributed by atoms with Crippen LogP contribution >= 0.6 is 22.6 Å². The summed E-state index contributed by atoms with van der Waals surface area (Å²) in [6, 6.07) is 0. The Morgan fingerprint density at radius 3 is 2.72 bits per heavy atom. The number of halogens is 1. The average Bonchev–Trinajstić information content (AvgIpc) is 2.54. The molecule has 0 atom stereocenters. The molecule has 0 bridgehead atoms. The van der Waals surface area contributed by atoms with Gasteiger partial charge in [-0.2, -0.15) is 0 Å². The van der Waals surface area contributed by atoms with Gasteiger partial charge in [0.2, 0.25) is 0 Å². The Hall–Kier alpha value is -0.470. The lowest BCUT2D eigenvalue weighted by molar-refractivity contribution is 0.0561. The van der Waals surface area contributed by atoms with Crippen molar-refractivity contribution in [1.82, 2.24) is 9.55 Å². The quantitative estimate of drug-likeness (QED) is 0.618. The molecule has 0 aliphatic carbocycles. The summed E-state index contributed by atoms with van der Waals surface area (Å²) in [5.74, 6) is 0.818. The summed E-state index contributed by atoms with van der Waals surface area (Å²) >= 11 is 2.22. The Kier molecular flexibility index (Phi) is 5.74. The van der Waals surface area contributed by atoms with Crippen LogP contribution in [0.25, 0.3) is 0 Å². The van der Waals surface area contributed by atoms with Gasteiger partial charge in [-0.3, -0.25) is 4.99 Å². The molecule has 0 saturated heterocycles. The van der Waals surface area contributed by atoms with Crippen LogP contribution in [0.5, 0.6) is 0 Å². The Bertz CT molecular complexity index is 422. The SMILES string of the molecule is CCOCc1nc(C=NC)c(I)n1CC(C)(C)O. The predicted octanol–water partition coefficient (Wildman–Crippen LogP) is 1.84. The first-order chi connectivity index (χ1) is 8.39. The summed E-state index contributed by atoms with van der Waals surface area (Å²) in [6.07, 6.45) is 1.72. The Balaban J connectivity index is 3.09. The highest BCUT2D eigenvalue weighted by Gasteiger charge is 2.20. The smallest absolute Gasteiger partial charge is 0.136 e. The highest BCUT2D eigenvalue weighted by molar-refractivity contribution is 14.1. The van der Waals surface area contributed by atoms with Gasteiger partial charge in [0.25, 0.3) is 0 Å².